The third-order valence-electron chi connectivity index (χ3n) is 7.77. The van der Waals surface area contributed by atoms with E-state index < -0.39 is 24.0 Å². The van der Waals surface area contributed by atoms with E-state index in [1.54, 1.807) is 23.2 Å². The largest absolute Gasteiger partial charge is 0.337 e. The first-order valence-corrected chi connectivity index (χ1v) is 14.6. The highest BCUT2D eigenvalue weighted by Crippen LogP contribution is 2.31. The summed E-state index contributed by atoms with van der Waals surface area (Å²) in [6.07, 6.45) is 3.39. The van der Waals surface area contributed by atoms with E-state index in [-0.39, 0.29) is 30.4 Å². The molecule has 1 saturated heterocycles. The maximum Gasteiger partial charge on any atom is 0.249 e. The number of amides is 2. The molecule has 2 amide bonds. The fraction of sp³-hybridized carbons (Fsp3) is 0.258. The Morgan fingerprint density at radius 2 is 1.81 bits per heavy atom. The van der Waals surface area contributed by atoms with Gasteiger partial charge in [0.25, 0.3) is 0 Å². The molecule has 218 valence electrons. The minimum absolute atomic E-state index is 0.116. The molecule has 3 aromatic heterocycles. The summed E-state index contributed by atoms with van der Waals surface area (Å²) in [5.74, 6) is -1.10. The van der Waals surface area contributed by atoms with Crippen LogP contribution in [0.5, 0.6) is 0 Å². The van der Waals surface area contributed by atoms with Crippen LogP contribution < -0.4 is 5.32 Å². The average molecular weight is 598 g/mol. The molecule has 5 aromatic rings. The molecule has 10 nitrogen and oxygen atoms in total. The van der Waals surface area contributed by atoms with Crippen LogP contribution in [0.4, 0.5) is 9.52 Å². The van der Waals surface area contributed by atoms with E-state index in [0.717, 1.165) is 27.8 Å². The molecular weight excluding hydrogens is 569 g/mol. The molecule has 0 unspecified atom stereocenters. The van der Waals surface area contributed by atoms with Gasteiger partial charge in [-0.05, 0) is 61.7 Å². The van der Waals surface area contributed by atoms with Crippen LogP contribution >= 0.6 is 11.3 Å². The van der Waals surface area contributed by atoms with Crippen molar-refractivity contribution in [1.82, 2.24) is 29.9 Å². The number of rotatable bonds is 7. The van der Waals surface area contributed by atoms with Gasteiger partial charge in [0.1, 0.15) is 23.8 Å². The highest BCUT2D eigenvalue weighted by atomic mass is 32.1. The van der Waals surface area contributed by atoms with Crippen LogP contribution in [0.3, 0.4) is 0 Å². The number of ketones is 1. The number of hydrogen-bond donors (Lipinski definition) is 1. The lowest BCUT2D eigenvalue weighted by atomic mass is 10.0. The first-order chi connectivity index (χ1) is 20.7. The van der Waals surface area contributed by atoms with Crippen LogP contribution in [0.15, 0.2) is 61.1 Å². The van der Waals surface area contributed by atoms with Gasteiger partial charge in [0.15, 0.2) is 5.78 Å². The van der Waals surface area contributed by atoms with E-state index in [1.807, 2.05) is 56.3 Å². The summed E-state index contributed by atoms with van der Waals surface area (Å²) < 4.78 is 16.3. The molecule has 2 aromatic carbocycles. The lowest BCUT2D eigenvalue weighted by molar-refractivity contribution is -0.137. The van der Waals surface area contributed by atoms with Gasteiger partial charge >= 0.3 is 0 Å². The summed E-state index contributed by atoms with van der Waals surface area (Å²) in [6.45, 7) is 5.15. The van der Waals surface area contributed by atoms with Crippen LogP contribution in [0.2, 0.25) is 0 Å². The smallest absolute Gasteiger partial charge is 0.249 e. The predicted octanol–water partition coefficient (Wildman–Crippen LogP) is 5.01. The molecule has 1 fully saturated rings. The Kier molecular flexibility index (Phi) is 7.53. The summed E-state index contributed by atoms with van der Waals surface area (Å²) in [6, 6.07) is 12.4. The summed E-state index contributed by atoms with van der Waals surface area (Å²) in [5, 5.41) is 20.3. The number of anilines is 1. The molecule has 6 rings (SSSR count). The maximum atomic E-state index is 14.6. The lowest BCUT2D eigenvalue weighted by Gasteiger charge is -2.23. The van der Waals surface area contributed by atoms with Crippen molar-refractivity contribution in [2.45, 2.75) is 46.0 Å². The third kappa shape index (κ3) is 5.65. The number of hydrogen-bond acceptors (Lipinski definition) is 8. The summed E-state index contributed by atoms with van der Waals surface area (Å²) in [4.78, 5) is 40.5. The summed E-state index contributed by atoms with van der Waals surface area (Å²) >= 11 is 1.21. The fourth-order valence-corrected chi connectivity index (χ4v) is 6.09. The number of alkyl halides is 1. The van der Waals surface area contributed by atoms with Crippen LogP contribution in [0, 0.1) is 13.8 Å². The van der Waals surface area contributed by atoms with Crippen LogP contribution in [0.1, 0.15) is 34.8 Å². The summed E-state index contributed by atoms with van der Waals surface area (Å²) in [7, 11) is 0. The molecule has 0 radical (unpaired) electrons. The van der Waals surface area contributed by atoms with Gasteiger partial charge in [-0.15, -0.1) is 10.2 Å². The Bertz CT molecular complexity index is 1870. The Labute approximate surface area is 250 Å². The number of nitrogens with one attached hydrogen (secondary N) is 1. The Hall–Kier alpha value is -4.84. The first-order valence-electron chi connectivity index (χ1n) is 13.7. The third-order valence-corrected chi connectivity index (χ3v) is 8.65. The molecule has 0 bridgehead atoms. The fourth-order valence-electron chi connectivity index (χ4n) is 5.35. The first kappa shape index (κ1) is 28.3. The molecule has 1 aliphatic heterocycles. The Balaban J connectivity index is 1.21. The van der Waals surface area contributed by atoms with E-state index in [4.69, 9.17) is 0 Å². The number of carbonyl (C=O) groups is 3. The SMILES string of the molecule is CC(=O)c1cn(CC(=O)N2C[C@H](F)C[C@H]2C(=O)Nc2nnc(-c3ccc(C)c(C)c3)s2)c2ccc(-c3ccnnc3)cc12. The van der Waals surface area contributed by atoms with E-state index in [9.17, 15) is 18.8 Å². The van der Waals surface area contributed by atoms with Gasteiger partial charge in [0, 0.05) is 40.2 Å². The topological polar surface area (TPSA) is 123 Å². The van der Waals surface area contributed by atoms with Crippen LogP contribution in [-0.4, -0.2) is 66.2 Å². The van der Waals surface area contributed by atoms with E-state index in [2.05, 4.69) is 25.7 Å². The zero-order chi connectivity index (χ0) is 30.2. The van der Waals surface area contributed by atoms with Crippen LogP contribution in [-0.2, 0) is 16.1 Å². The van der Waals surface area contributed by atoms with Gasteiger partial charge in [-0.2, -0.15) is 10.2 Å². The molecule has 12 heteroatoms. The highest BCUT2D eigenvalue weighted by molar-refractivity contribution is 7.18. The van der Waals surface area contributed by atoms with Gasteiger partial charge in [-0.25, -0.2) is 4.39 Å². The second kappa shape index (κ2) is 11.4. The number of Topliss-reactive ketones (excluding diaryl/α,β-unsaturated/α-hetero) is 1. The van der Waals surface area contributed by atoms with Crippen molar-refractivity contribution in [1.29, 1.82) is 0 Å². The van der Waals surface area contributed by atoms with Crippen LogP contribution in [0.25, 0.3) is 32.6 Å². The number of halogens is 1. The number of fused-ring (bicyclic) bond motifs is 1. The number of carbonyl (C=O) groups excluding carboxylic acids is 3. The second-order valence-corrected chi connectivity index (χ2v) is 11.7. The standard InChI is InChI=1S/C31H28FN7O3S/c1-17-4-5-21(10-18(17)2)30-36-37-31(43-30)35-29(42)27-12-23(32)14-39(27)28(41)16-38-15-25(19(3)40)24-11-20(6-7-26(24)38)22-8-9-33-34-13-22/h4-11,13,15,23,27H,12,14,16H2,1-3H3,(H,35,37,42)/t23-,27+/m1/s1. The van der Waals surface area contributed by atoms with E-state index >= 15 is 0 Å². The molecule has 43 heavy (non-hydrogen) atoms. The van der Waals surface area contributed by atoms with Crippen molar-refractivity contribution in [3.8, 4) is 21.7 Å². The van der Waals surface area contributed by atoms with Gasteiger partial charge in [0.05, 0.1) is 18.9 Å². The van der Waals surface area contributed by atoms with Crippen molar-refractivity contribution < 1.29 is 18.8 Å². The highest BCUT2D eigenvalue weighted by Gasteiger charge is 2.40. The molecular formula is C31H28FN7O3S. The minimum Gasteiger partial charge on any atom is -0.337 e. The monoisotopic (exact) mass is 597 g/mol. The number of likely N-dealkylation sites (tertiary alicyclic amines) is 1. The Morgan fingerprint density at radius 1 is 1.00 bits per heavy atom. The quantitative estimate of drug-likeness (QED) is 0.262. The van der Waals surface area contributed by atoms with Gasteiger partial charge < -0.3 is 9.47 Å². The molecule has 1 aliphatic rings. The zero-order valence-corrected chi connectivity index (χ0v) is 24.6. The van der Waals surface area contributed by atoms with E-state index in [0.29, 0.717) is 21.5 Å². The van der Waals surface area contributed by atoms with Crippen molar-refractivity contribution >= 4 is 45.0 Å². The molecule has 0 saturated carbocycles. The number of benzene rings is 2. The van der Waals surface area contributed by atoms with Crippen molar-refractivity contribution in [2.24, 2.45) is 0 Å². The Morgan fingerprint density at radius 3 is 2.56 bits per heavy atom. The lowest BCUT2D eigenvalue weighted by Crippen LogP contribution is -2.44. The van der Waals surface area contributed by atoms with Crippen molar-refractivity contribution in [3.05, 3.63) is 77.7 Å². The van der Waals surface area contributed by atoms with Gasteiger partial charge in [0.2, 0.25) is 16.9 Å². The number of aromatic nitrogens is 5. The zero-order valence-electron chi connectivity index (χ0n) is 23.7. The number of aryl methyl sites for hydroxylation is 2. The second-order valence-electron chi connectivity index (χ2n) is 10.7. The molecule has 0 aliphatic carbocycles. The van der Waals surface area contributed by atoms with Gasteiger partial charge in [-0.3, -0.25) is 19.7 Å². The maximum absolute atomic E-state index is 14.6. The van der Waals surface area contributed by atoms with Gasteiger partial charge in [-0.1, -0.05) is 29.5 Å². The molecule has 1 N–H and O–H groups in total. The number of nitrogens with zero attached hydrogens (tertiary/aromatic N) is 6. The van der Waals surface area contributed by atoms with Crippen molar-refractivity contribution in [2.75, 3.05) is 11.9 Å². The minimum atomic E-state index is -1.34. The van der Waals surface area contributed by atoms with E-state index in [1.165, 1.54) is 23.2 Å². The normalized spacial score (nSPS) is 16.5. The van der Waals surface area contributed by atoms with Crippen molar-refractivity contribution in [3.63, 3.8) is 0 Å². The predicted molar refractivity (Wildman–Crippen MR) is 161 cm³/mol. The summed E-state index contributed by atoms with van der Waals surface area (Å²) in [5.41, 5.74) is 5.98. The molecule has 0 spiro atoms. The molecule has 4 heterocycles. The average Bonchev–Trinajstić information content (AvgIpc) is 3.72. The molecule has 2 atom stereocenters.